The van der Waals surface area contributed by atoms with Crippen molar-refractivity contribution in [1.82, 2.24) is 0 Å². The summed E-state index contributed by atoms with van der Waals surface area (Å²) in [6, 6.07) is 0. The Morgan fingerprint density at radius 1 is 1.31 bits per heavy atom. The minimum atomic E-state index is -3.57. The van der Waals surface area contributed by atoms with E-state index < -0.39 is 19.2 Å². The van der Waals surface area contributed by atoms with Gasteiger partial charge in [-0.2, -0.15) is 0 Å². The molecule has 0 aromatic heterocycles. The Hall–Kier alpha value is -0.820. The molecule has 0 saturated carbocycles. The maximum Gasteiger partial charge on any atom is 0.356 e. The molecule has 1 atom stereocenters. The van der Waals surface area contributed by atoms with Crippen LogP contribution in [-0.4, -0.2) is 32.0 Å². The largest absolute Gasteiger partial charge is 0.468 e. The number of carbonyl (C=O) groups is 1. The quantitative estimate of drug-likeness (QED) is 0.407. The van der Waals surface area contributed by atoms with Crippen LogP contribution >= 0.6 is 7.60 Å². The minimum absolute atomic E-state index is 0.177. The molecule has 0 spiro atoms. The maximum absolute atomic E-state index is 12.3. The molecule has 1 unspecified atom stereocenters. The van der Waals surface area contributed by atoms with Crippen LogP contribution in [0.5, 0.6) is 0 Å². The molecule has 0 fully saturated rings. The van der Waals surface area contributed by atoms with Gasteiger partial charge in [-0.1, -0.05) is 5.92 Å². The number of ether oxygens (including phenoxy) is 1. The summed E-state index contributed by atoms with van der Waals surface area (Å²) in [7, 11) is -2.36. The first kappa shape index (κ1) is 15.2. The van der Waals surface area contributed by atoms with Crippen LogP contribution in [0.25, 0.3) is 0 Å². The Morgan fingerprint density at radius 2 is 1.81 bits per heavy atom. The number of hydrogen-bond donors (Lipinski definition) is 0. The summed E-state index contributed by atoms with van der Waals surface area (Å²) in [5.74, 6) is 4.32. The van der Waals surface area contributed by atoms with Crippen LogP contribution in [-0.2, 0) is 23.1 Å². The molecule has 0 saturated heterocycles. The lowest BCUT2D eigenvalue weighted by Crippen LogP contribution is -2.23. The monoisotopic (exact) mass is 248 g/mol. The second-order valence-corrected chi connectivity index (χ2v) is 4.81. The van der Waals surface area contributed by atoms with Gasteiger partial charge in [0.1, 0.15) is 0 Å². The molecule has 5 nitrogen and oxygen atoms in total. The Bertz CT molecular complexity index is 318. The molecule has 0 heterocycles. The van der Waals surface area contributed by atoms with Crippen LogP contribution in [0.15, 0.2) is 0 Å². The van der Waals surface area contributed by atoms with Crippen LogP contribution in [0.2, 0.25) is 0 Å². The third kappa shape index (κ3) is 3.97. The third-order valence-electron chi connectivity index (χ3n) is 1.64. The van der Waals surface area contributed by atoms with E-state index in [2.05, 4.69) is 16.6 Å². The molecule has 0 aliphatic rings. The molecule has 16 heavy (non-hydrogen) atoms. The van der Waals surface area contributed by atoms with Crippen LogP contribution in [0, 0.1) is 11.8 Å². The Kier molecular flexibility index (Phi) is 7.07. The fourth-order valence-corrected chi connectivity index (χ4v) is 2.80. The number of methoxy groups -OCH3 is 1. The Balaban J connectivity index is 5.14. The highest BCUT2D eigenvalue weighted by Crippen LogP contribution is 2.53. The second kappa shape index (κ2) is 7.45. The molecule has 0 rings (SSSR count). The van der Waals surface area contributed by atoms with Gasteiger partial charge in [-0.15, -0.1) is 5.92 Å². The van der Waals surface area contributed by atoms with E-state index >= 15 is 0 Å². The second-order valence-electron chi connectivity index (χ2n) is 2.70. The summed E-state index contributed by atoms with van der Waals surface area (Å²) in [4.78, 5) is 11.4. The molecule has 0 radical (unpaired) electrons. The van der Waals surface area contributed by atoms with Crippen molar-refractivity contribution >= 4 is 13.6 Å². The van der Waals surface area contributed by atoms with E-state index in [1.165, 1.54) is 14.0 Å². The van der Waals surface area contributed by atoms with Gasteiger partial charge in [0.05, 0.1) is 20.3 Å². The zero-order chi connectivity index (χ0) is 12.6. The molecule has 0 aliphatic carbocycles. The first-order valence-corrected chi connectivity index (χ1v) is 6.55. The molecular formula is C10H17O5P. The maximum atomic E-state index is 12.3. The fraction of sp³-hybridized carbons (Fsp3) is 0.700. The van der Waals surface area contributed by atoms with Crippen molar-refractivity contribution < 1.29 is 23.1 Å². The Morgan fingerprint density at radius 3 is 2.12 bits per heavy atom. The standard InChI is InChI=1S/C10H17O5P/c1-5-8-9(10(11)13-4)16(12,14-6-2)15-7-3/h9H,6-7H2,1-4H3. The minimum Gasteiger partial charge on any atom is -0.468 e. The smallest absolute Gasteiger partial charge is 0.356 e. The van der Waals surface area contributed by atoms with Crippen LogP contribution < -0.4 is 0 Å². The predicted molar refractivity (Wildman–Crippen MR) is 60.1 cm³/mol. The topological polar surface area (TPSA) is 61.8 Å². The zero-order valence-electron chi connectivity index (χ0n) is 9.98. The molecule has 0 amide bonds. The van der Waals surface area contributed by atoms with Crippen LogP contribution in [0.4, 0.5) is 0 Å². The van der Waals surface area contributed by atoms with Gasteiger partial charge >= 0.3 is 13.6 Å². The molecule has 0 bridgehead atoms. The molecule has 92 valence electrons. The molecule has 0 N–H and O–H groups in total. The normalized spacial score (nSPS) is 12.5. The average Bonchev–Trinajstić information content (AvgIpc) is 2.25. The highest BCUT2D eigenvalue weighted by atomic mass is 31.2. The van der Waals surface area contributed by atoms with Gasteiger partial charge in [0, 0.05) is 0 Å². The third-order valence-corrected chi connectivity index (χ3v) is 3.85. The summed E-state index contributed by atoms with van der Waals surface area (Å²) < 4.78 is 26.9. The van der Waals surface area contributed by atoms with E-state index in [1.807, 2.05) is 0 Å². The predicted octanol–water partition coefficient (Wildman–Crippen LogP) is 1.82. The summed E-state index contributed by atoms with van der Waals surface area (Å²) in [6.45, 7) is 5.23. The summed E-state index contributed by atoms with van der Waals surface area (Å²) in [5, 5.41) is 0. The molecular weight excluding hydrogens is 231 g/mol. The van der Waals surface area contributed by atoms with E-state index in [-0.39, 0.29) is 13.2 Å². The van der Waals surface area contributed by atoms with Crippen molar-refractivity contribution in [2.75, 3.05) is 20.3 Å². The lowest BCUT2D eigenvalue weighted by molar-refractivity contribution is -0.139. The van der Waals surface area contributed by atoms with E-state index in [1.54, 1.807) is 13.8 Å². The lowest BCUT2D eigenvalue weighted by atomic mass is 10.4. The molecule has 0 aromatic rings. The zero-order valence-corrected chi connectivity index (χ0v) is 10.9. The SMILES string of the molecule is CC#CC(C(=O)OC)P(=O)(OCC)OCC. The molecule has 0 aromatic carbocycles. The number of rotatable bonds is 6. The highest BCUT2D eigenvalue weighted by Gasteiger charge is 2.40. The van der Waals surface area contributed by atoms with E-state index in [4.69, 9.17) is 9.05 Å². The average molecular weight is 248 g/mol. The van der Waals surface area contributed by atoms with Crippen LogP contribution in [0.3, 0.4) is 0 Å². The number of esters is 1. The van der Waals surface area contributed by atoms with Gasteiger partial charge in [0.25, 0.3) is 0 Å². The first-order valence-electron chi connectivity index (χ1n) is 4.94. The molecule has 6 heteroatoms. The van der Waals surface area contributed by atoms with Crippen molar-refractivity contribution in [1.29, 1.82) is 0 Å². The van der Waals surface area contributed by atoms with Gasteiger partial charge in [0.15, 0.2) is 0 Å². The first-order chi connectivity index (χ1) is 7.55. The fourth-order valence-electron chi connectivity index (χ4n) is 1.06. The van der Waals surface area contributed by atoms with E-state index in [0.717, 1.165) is 0 Å². The van der Waals surface area contributed by atoms with Gasteiger partial charge in [-0.05, 0) is 20.8 Å². The Labute approximate surface area is 96.0 Å². The summed E-state index contributed by atoms with van der Waals surface area (Å²) in [6.07, 6.45) is 0. The van der Waals surface area contributed by atoms with Crippen LogP contribution in [0.1, 0.15) is 20.8 Å². The number of hydrogen-bond acceptors (Lipinski definition) is 5. The van der Waals surface area contributed by atoms with Crippen molar-refractivity contribution in [3.05, 3.63) is 0 Å². The summed E-state index contributed by atoms with van der Waals surface area (Å²) >= 11 is 0. The molecule has 0 aliphatic heterocycles. The van der Waals surface area contributed by atoms with E-state index in [9.17, 15) is 9.36 Å². The van der Waals surface area contributed by atoms with E-state index in [0.29, 0.717) is 0 Å². The van der Waals surface area contributed by atoms with Gasteiger partial charge in [-0.3, -0.25) is 9.36 Å². The van der Waals surface area contributed by atoms with Gasteiger partial charge < -0.3 is 13.8 Å². The van der Waals surface area contributed by atoms with Gasteiger partial charge in [0.2, 0.25) is 5.66 Å². The van der Waals surface area contributed by atoms with Crippen molar-refractivity contribution in [3.63, 3.8) is 0 Å². The van der Waals surface area contributed by atoms with Crippen molar-refractivity contribution in [2.24, 2.45) is 0 Å². The lowest BCUT2D eigenvalue weighted by Gasteiger charge is -2.20. The van der Waals surface area contributed by atoms with Gasteiger partial charge in [-0.25, -0.2) is 0 Å². The summed E-state index contributed by atoms with van der Waals surface area (Å²) in [5.41, 5.74) is -1.18. The highest BCUT2D eigenvalue weighted by molar-refractivity contribution is 7.56. The van der Waals surface area contributed by atoms with Crippen molar-refractivity contribution in [3.8, 4) is 11.8 Å². The number of carbonyl (C=O) groups excluding carboxylic acids is 1. The van der Waals surface area contributed by atoms with Crippen molar-refractivity contribution in [2.45, 2.75) is 26.4 Å².